The van der Waals surface area contributed by atoms with Gasteiger partial charge in [-0.05, 0) is 74.8 Å². The van der Waals surface area contributed by atoms with Crippen LogP contribution in [0.15, 0.2) is 12.1 Å². The van der Waals surface area contributed by atoms with E-state index in [0.29, 0.717) is 43.8 Å². The quantitative estimate of drug-likeness (QED) is 0.679. The first-order valence-corrected chi connectivity index (χ1v) is 11.1. The number of halogens is 3. The Morgan fingerprint density at radius 3 is 2.00 bits per heavy atom. The minimum atomic E-state index is -1.63. The second-order valence-corrected chi connectivity index (χ2v) is 9.86. The number of hydrogen-bond acceptors (Lipinski definition) is 2. The minimum absolute atomic E-state index is 0.222. The Labute approximate surface area is 174 Å². The summed E-state index contributed by atoms with van der Waals surface area (Å²) in [5.41, 5.74) is -0.685. The van der Waals surface area contributed by atoms with E-state index in [9.17, 15) is 22.8 Å². The monoisotopic (exact) mass is 420 g/mol. The molecule has 7 heteroatoms. The first kappa shape index (κ1) is 19.9. The summed E-state index contributed by atoms with van der Waals surface area (Å²) < 4.78 is 40.8. The van der Waals surface area contributed by atoms with Crippen LogP contribution in [-0.4, -0.2) is 47.8 Å². The molecule has 162 valence electrons. The lowest BCUT2D eigenvalue weighted by atomic mass is 9.49. The van der Waals surface area contributed by atoms with Crippen LogP contribution in [0, 0.1) is 40.6 Å². The van der Waals surface area contributed by atoms with Crippen LogP contribution in [0.4, 0.5) is 13.2 Å². The molecule has 6 rings (SSSR count). The standard InChI is InChI=1S/C23H27F3N2O2/c24-18-3-2-17(19(25)20(18)26)21(29)27-4-1-5-28(7-6-27)22(30)23-11-14-8-15(12-23)10-16(9-14)13-23/h2-3,14-16H,1,4-13H2. The van der Waals surface area contributed by atoms with E-state index in [1.807, 2.05) is 4.90 Å². The zero-order valence-electron chi connectivity index (χ0n) is 17.0. The molecule has 4 nitrogen and oxygen atoms in total. The van der Waals surface area contributed by atoms with Crippen molar-refractivity contribution >= 4 is 11.8 Å². The Morgan fingerprint density at radius 1 is 0.800 bits per heavy atom. The molecule has 4 saturated carbocycles. The van der Waals surface area contributed by atoms with Crippen molar-refractivity contribution in [2.24, 2.45) is 23.2 Å². The molecule has 1 aromatic rings. The second-order valence-electron chi connectivity index (χ2n) is 9.86. The maximum absolute atomic E-state index is 14.1. The van der Waals surface area contributed by atoms with Crippen LogP contribution in [-0.2, 0) is 4.79 Å². The van der Waals surface area contributed by atoms with E-state index < -0.39 is 28.9 Å². The second kappa shape index (κ2) is 7.27. The van der Waals surface area contributed by atoms with Crippen LogP contribution in [0.3, 0.4) is 0 Å². The van der Waals surface area contributed by atoms with Crippen LogP contribution in [0.5, 0.6) is 0 Å². The summed E-state index contributed by atoms with van der Waals surface area (Å²) in [4.78, 5) is 29.6. The Bertz CT molecular complexity index is 852. The summed E-state index contributed by atoms with van der Waals surface area (Å²) in [7, 11) is 0. The third kappa shape index (κ3) is 3.21. The molecule has 0 N–H and O–H groups in total. The molecule has 0 aromatic heterocycles. The molecular formula is C23H27F3N2O2. The molecule has 1 heterocycles. The fourth-order valence-electron chi connectivity index (χ4n) is 6.89. The summed E-state index contributed by atoms with van der Waals surface area (Å²) in [6, 6.07) is 1.76. The van der Waals surface area contributed by atoms with E-state index in [4.69, 9.17) is 0 Å². The average Bonchev–Trinajstić information content (AvgIpc) is 2.96. The van der Waals surface area contributed by atoms with Crippen LogP contribution < -0.4 is 0 Å². The van der Waals surface area contributed by atoms with E-state index in [1.54, 1.807) is 0 Å². The van der Waals surface area contributed by atoms with Gasteiger partial charge in [0, 0.05) is 26.2 Å². The highest BCUT2D eigenvalue weighted by atomic mass is 19.2. The number of rotatable bonds is 2. The van der Waals surface area contributed by atoms with Gasteiger partial charge < -0.3 is 9.80 Å². The van der Waals surface area contributed by atoms with Gasteiger partial charge in [0.15, 0.2) is 17.5 Å². The number of amides is 2. The normalized spacial score (nSPS) is 33.0. The van der Waals surface area contributed by atoms with Crippen LogP contribution in [0.1, 0.15) is 55.3 Å². The minimum Gasteiger partial charge on any atom is -0.340 e. The number of benzene rings is 1. The van der Waals surface area contributed by atoms with Gasteiger partial charge in [0.1, 0.15) is 0 Å². The van der Waals surface area contributed by atoms with Gasteiger partial charge in [-0.1, -0.05) is 0 Å². The zero-order chi connectivity index (χ0) is 21.0. The van der Waals surface area contributed by atoms with Crippen molar-refractivity contribution in [1.29, 1.82) is 0 Å². The highest BCUT2D eigenvalue weighted by Crippen LogP contribution is 2.60. The van der Waals surface area contributed by atoms with Crippen LogP contribution in [0.25, 0.3) is 0 Å². The number of nitrogens with zero attached hydrogens (tertiary/aromatic N) is 2. The van der Waals surface area contributed by atoms with Crippen molar-refractivity contribution in [3.8, 4) is 0 Å². The number of carbonyl (C=O) groups excluding carboxylic acids is 2. The van der Waals surface area contributed by atoms with E-state index in [2.05, 4.69) is 0 Å². The zero-order valence-corrected chi connectivity index (χ0v) is 17.0. The number of carbonyl (C=O) groups is 2. The Morgan fingerprint density at radius 2 is 1.37 bits per heavy atom. The third-order valence-corrected chi connectivity index (χ3v) is 7.83. The SMILES string of the molecule is O=C(c1ccc(F)c(F)c1F)N1CCCN(C(=O)C23CC4CC(CC(C4)C2)C3)CC1. The molecule has 0 spiro atoms. The van der Waals surface area contributed by atoms with Crippen LogP contribution >= 0.6 is 0 Å². The van der Waals surface area contributed by atoms with Crippen molar-refractivity contribution in [1.82, 2.24) is 9.80 Å². The van der Waals surface area contributed by atoms with E-state index >= 15 is 0 Å². The summed E-state index contributed by atoms with van der Waals surface area (Å²) in [6.07, 6.45) is 7.40. The van der Waals surface area contributed by atoms with Gasteiger partial charge in [0.2, 0.25) is 5.91 Å². The molecule has 0 radical (unpaired) electrons. The fourth-order valence-corrected chi connectivity index (χ4v) is 6.89. The highest BCUT2D eigenvalue weighted by Gasteiger charge is 2.55. The lowest BCUT2D eigenvalue weighted by Gasteiger charge is -2.56. The van der Waals surface area contributed by atoms with Crippen LogP contribution in [0.2, 0.25) is 0 Å². The van der Waals surface area contributed by atoms with Crippen molar-refractivity contribution < 1.29 is 22.8 Å². The first-order chi connectivity index (χ1) is 14.4. The van der Waals surface area contributed by atoms with E-state index in [-0.39, 0.29) is 17.9 Å². The predicted octanol–water partition coefficient (Wildman–Crippen LogP) is 3.99. The highest BCUT2D eigenvalue weighted by molar-refractivity contribution is 5.94. The molecule has 1 saturated heterocycles. The van der Waals surface area contributed by atoms with Gasteiger partial charge in [-0.25, -0.2) is 13.2 Å². The van der Waals surface area contributed by atoms with Gasteiger partial charge >= 0.3 is 0 Å². The van der Waals surface area contributed by atoms with Gasteiger partial charge in [0.05, 0.1) is 11.0 Å². The molecular weight excluding hydrogens is 393 g/mol. The molecule has 5 aliphatic rings. The maximum Gasteiger partial charge on any atom is 0.257 e. The molecule has 4 bridgehead atoms. The Kier molecular flexibility index (Phi) is 4.82. The molecule has 30 heavy (non-hydrogen) atoms. The van der Waals surface area contributed by atoms with Gasteiger partial charge in [0.25, 0.3) is 5.91 Å². The lowest BCUT2D eigenvalue weighted by molar-refractivity contribution is -0.157. The van der Waals surface area contributed by atoms with E-state index in [0.717, 1.165) is 31.4 Å². The van der Waals surface area contributed by atoms with Gasteiger partial charge in [-0.15, -0.1) is 0 Å². The third-order valence-electron chi connectivity index (χ3n) is 7.83. The maximum atomic E-state index is 14.1. The Hall–Kier alpha value is -2.05. The molecule has 4 aliphatic carbocycles. The Balaban J connectivity index is 1.29. The summed E-state index contributed by atoms with van der Waals surface area (Å²) in [5.74, 6) is -2.78. The van der Waals surface area contributed by atoms with Crippen molar-refractivity contribution in [3.63, 3.8) is 0 Å². The largest absolute Gasteiger partial charge is 0.340 e. The van der Waals surface area contributed by atoms with Gasteiger partial charge in [-0.3, -0.25) is 9.59 Å². The number of hydrogen-bond donors (Lipinski definition) is 0. The van der Waals surface area contributed by atoms with Gasteiger partial charge in [-0.2, -0.15) is 0 Å². The molecule has 5 fully saturated rings. The first-order valence-electron chi connectivity index (χ1n) is 11.1. The lowest BCUT2D eigenvalue weighted by Crippen LogP contribution is -2.55. The predicted molar refractivity (Wildman–Crippen MR) is 104 cm³/mol. The molecule has 1 aromatic carbocycles. The van der Waals surface area contributed by atoms with E-state index in [1.165, 1.54) is 24.2 Å². The summed E-state index contributed by atoms with van der Waals surface area (Å²) >= 11 is 0. The van der Waals surface area contributed by atoms with Crippen molar-refractivity contribution in [2.45, 2.75) is 44.9 Å². The van der Waals surface area contributed by atoms with Crippen molar-refractivity contribution in [3.05, 3.63) is 35.1 Å². The molecule has 0 atom stereocenters. The average molecular weight is 420 g/mol. The molecule has 0 unspecified atom stereocenters. The molecule has 2 amide bonds. The summed E-state index contributed by atoms with van der Waals surface area (Å²) in [5, 5.41) is 0. The van der Waals surface area contributed by atoms with Crippen molar-refractivity contribution in [2.75, 3.05) is 26.2 Å². The molecule has 1 aliphatic heterocycles. The smallest absolute Gasteiger partial charge is 0.257 e. The fraction of sp³-hybridized carbons (Fsp3) is 0.652. The summed E-state index contributed by atoms with van der Waals surface area (Å²) in [6.45, 7) is 1.61. The topological polar surface area (TPSA) is 40.6 Å².